The summed E-state index contributed by atoms with van der Waals surface area (Å²) in [5.74, 6) is -1.11. The Bertz CT molecular complexity index is 795. The Hall–Kier alpha value is -1.75. The van der Waals surface area contributed by atoms with Crippen LogP contribution in [0, 0.1) is 0 Å². The molecule has 0 aliphatic rings. The number of carbonyl (C=O) groups excluding carboxylic acids is 2. The molecule has 0 radical (unpaired) electrons. The van der Waals surface area contributed by atoms with Crippen LogP contribution in [0.1, 0.15) is 35.8 Å². The Morgan fingerprint density at radius 1 is 1.00 bits per heavy atom. The number of benzene rings is 2. The van der Waals surface area contributed by atoms with Gasteiger partial charge < -0.3 is 10.1 Å². The first kappa shape index (κ1) is 19.6. The van der Waals surface area contributed by atoms with Gasteiger partial charge in [-0.1, -0.05) is 53.0 Å². The van der Waals surface area contributed by atoms with E-state index in [1.165, 1.54) is 13.0 Å². The predicted molar refractivity (Wildman–Crippen MR) is 99.3 cm³/mol. The minimum Gasteiger partial charge on any atom is -0.449 e. The van der Waals surface area contributed by atoms with Crippen LogP contribution in [0.15, 0.2) is 42.5 Å². The van der Waals surface area contributed by atoms with E-state index in [9.17, 15) is 9.59 Å². The van der Waals surface area contributed by atoms with Gasteiger partial charge in [0.1, 0.15) is 0 Å². The summed E-state index contributed by atoms with van der Waals surface area (Å²) in [7, 11) is 0. The first-order chi connectivity index (χ1) is 11.8. The number of hydrogen-bond acceptors (Lipinski definition) is 3. The van der Waals surface area contributed by atoms with E-state index in [4.69, 9.17) is 39.5 Å². The first-order valence-corrected chi connectivity index (χ1v) is 8.64. The molecule has 7 heteroatoms. The maximum Gasteiger partial charge on any atom is 0.340 e. The number of esters is 1. The summed E-state index contributed by atoms with van der Waals surface area (Å²) in [6.45, 7) is 3.26. The molecule has 4 nitrogen and oxygen atoms in total. The second-order valence-electron chi connectivity index (χ2n) is 5.42. The molecular formula is C18H16Cl3NO3. The van der Waals surface area contributed by atoms with Gasteiger partial charge in [0.25, 0.3) is 5.91 Å². The normalized spacial score (nSPS) is 13.0. The molecule has 1 amide bonds. The van der Waals surface area contributed by atoms with Crippen LogP contribution in [0.4, 0.5) is 0 Å². The maximum absolute atomic E-state index is 12.3. The van der Waals surface area contributed by atoms with E-state index in [2.05, 4.69) is 5.32 Å². The lowest BCUT2D eigenvalue weighted by Gasteiger charge is -2.19. The summed E-state index contributed by atoms with van der Waals surface area (Å²) in [5.41, 5.74) is 0.918. The molecule has 0 aromatic heterocycles. The molecule has 0 spiro atoms. The van der Waals surface area contributed by atoms with Crippen molar-refractivity contribution in [1.82, 2.24) is 5.32 Å². The van der Waals surface area contributed by atoms with Crippen LogP contribution in [0.25, 0.3) is 0 Å². The molecule has 2 rings (SSSR count). The van der Waals surface area contributed by atoms with Gasteiger partial charge in [0.2, 0.25) is 0 Å². The number of ether oxygens (including phenoxy) is 1. The van der Waals surface area contributed by atoms with E-state index >= 15 is 0 Å². The van der Waals surface area contributed by atoms with E-state index in [1.807, 2.05) is 0 Å². The summed E-state index contributed by atoms with van der Waals surface area (Å²) >= 11 is 17.9. The first-order valence-electron chi connectivity index (χ1n) is 7.50. The number of rotatable bonds is 5. The van der Waals surface area contributed by atoms with Crippen LogP contribution in [0.2, 0.25) is 15.1 Å². The third-order valence-corrected chi connectivity index (χ3v) is 4.43. The summed E-state index contributed by atoms with van der Waals surface area (Å²) < 4.78 is 5.18. The van der Waals surface area contributed by atoms with E-state index < -0.39 is 18.0 Å². The fraction of sp³-hybridized carbons (Fsp3) is 0.222. The highest BCUT2D eigenvalue weighted by Gasteiger charge is 2.22. The van der Waals surface area contributed by atoms with Crippen LogP contribution in [-0.4, -0.2) is 18.0 Å². The van der Waals surface area contributed by atoms with Crippen LogP contribution >= 0.6 is 34.8 Å². The lowest BCUT2D eigenvalue weighted by molar-refractivity contribution is -0.129. The highest BCUT2D eigenvalue weighted by Crippen LogP contribution is 2.26. The number of carbonyl (C=O) groups is 2. The van der Waals surface area contributed by atoms with Gasteiger partial charge in [-0.3, -0.25) is 4.79 Å². The van der Waals surface area contributed by atoms with Gasteiger partial charge in [-0.05, 0) is 43.7 Å². The SMILES string of the molecule is C[C@@H](OC(=O)c1ccccc1Cl)C(=O)N[C@H](C)c1ccc(Cl)cc1Cl. The standard InChI is InChI=1S/C18H16Cl3NO3/c1-10(13-8-7-12(19)9-16(13)21)22-17(23)11(2)25-18(24)14-5-3-4-6-15(14)20/h3-11H,1-2H3,(H,22,23)/t10-,11-/m1/s1. The van der Waals surface area contributed by atoms with Crippen molar-refractivity contribution in [2.45, 2.75) is 26.0 Å². The minimum absolute atomic E-state index is 0.206. The zero-order valence-electron chi connectivity index (χ0n) is 13.6. The summed E-state index contributed by atoms with van der Waals surface area (Å²) in [6, 6.07) is 11.1. The molecule has 0 fully saturated rings. The average molecular weight is 401 g/mol. The third-order valence-electron chi connectivity index (χ3n) is 3.53. The van der Waals surface area contributed by atoms with Crippen molar-refractivity contribution in [3.05, 3.63) is 68.7 Å². The fourth-order valence-electron chi connectivity index (χ4n) is 2.17. The summed E-state index contributed by atoms with van der Waals surface area (Å²) in [6.07, 6.45) is -0.989. The number of hydrogen-bond donors (Lipinski definition) is 1. The van der Waals surface area contributed by atoms with Crippen molar-refractivity contribution in [1.29, 1.82) is 0 Å². The average Bonchev–Trinajstić information content (AvgIpc) is 2.54. The number of halogens is 3. The van der Waals surface area contributed by atoms with Crippen LogP contribution in [0.3, 0.4) is 0 Å². The molecule has 0 heterocycles. The topological polar surface area (TPSA) is 55.4 Å². The maximum atomic E-state index is 12.3. The van der Waals surface area contributed by atoms with Crippen LogP contribution in [0.5, 0.6) is 0 Å². The molecular weight excluding hydrogens is 385 g/mol. The van der Waals surface area contributed by atoms with E-state index in [-0.39, 0.29) is 16.6 Å². The molecule has 2 aromatic carbocycles. The molecule has 0 bridgehead atoms. The largest absolute Gasteiger partial charge is 0.449 e. The van der Waals surface area contributed by atoms with Gasteiger partial charge >= 0.3 is 5.97 Å². The molecule has 0 saturated carbocycles. The van der Waals surface area contributed by atoms with E-state index in [0.29, 0.717) is 15.6 Å². The van der Waals surface area contributed by atoms with Gasteiger partial charge in [-0.15, -0.1) is 0 Å². The zero-order valence-corrected chi connectivity index (χ0v) is 15.8. The molecule has 2 atom stereocenters. The van der Waals surface area contributed by atoms with Crippen molar-refractivity contribution in [2.75, 3.05) is 0 Å². The van der Waals surface area contributed by atoms with Crippen molar-refractivity contribution in [2.24, 2.45) is 0 Å². The van der Waals surface area contributed by atoms with E-state index in [0.717, 1.165) is 0 Å². The van der Waals surface area contributed by atoms with Crippen LogP contribution < -0.4 is 5.32 Å². The number of amides is 1. The quantitative estimate of drug-likeness (QED) is 0.713. The lowest BCUT2D eigenvalue weighted by atomic mass is 10.1. The molecule has 2 aromatic rings. The van der Waals surface area contributed by atoms with Crippen molar-refractivity contribution in [3.8, 4) is 0 Å². The lowest BCUT2D eigenvalue weighted by Crippen LogP contribution is -2.37. The Labute approximate surface area is 161 Å². The molecule has 0 aliphatic carbocycles. The van der Waals surface area contributed by atoms with Crippen molar-refractivity contribution >= 4 is 46.7 Å². The van der Waals surface area contributed by atoms with Crippen molar-refractivity contribution < 1.29 is 14.3 Å². The predicted octanol–water partition coefficient (Wildman–Crippen LogP) is 5.07. The highest BCUT2D eigenvalue weighted by atomic mass is 35.5. The molecule has 0 aliphatic heterocycles. The molecule has 1 N–H and O–H groups in total. The number of nitrogens with one attached hydrogen (secondary N) is 1. The minimum atomic E-state index is -0.989. The van der Waals surface area contributed by atoms with Gasteiger partial charge in [0, 0.05) is 10.0 Å². The smallest absolute Gasteiger partial charge is 0.340 e. The van der Waals surface area contributed by atoms with Gasteiger partial charge in [-0.25, -0.2) is 4.79 Å². The van der Waals surface area contributed by atoms with Gasteiger partial charge in [0.15, 0.2) is 6.10 Å². The molecule has 0 saturated heterocycles. The summed E-state index contributed by atoms with van der Waals surface area (Å²) in [5, 5.41) is 3.97. The fourth-order valence-corrected chi connectivity index (χ4v) is 2.95. The molecule has 132 valence electrons. The van der Waals surface area contributed by atoms with Crippen molar-refractivity contribution in [3.63, 3.8) is 0 Å². The van der Waals surface area contributed by atoms with E-state index in [1.54, 1.807) is 43.3 Å². The Kier molecular flexibility index (Phi) is 6.71. The molecule has 25 heavy (non-hydrogen) atoms. The van der Waals surface area contributed by atoms with Crippen LogP contribution in [-0.2, 0) is 9.53 Å². The monoisotopic (exact) mass is 399 g/mol. The zero-order chi connectivity index (χ0) is 18.6. The van der Waals surface area contributed by atoms with Gasteiger partial charge in [-0.2, -0.15) is 0 Å². The third kappa shape index (κ3) is 5.11. The molecule has 0 unspecified atom stereocenters. The second kappa shape index (κ2) is 8.56. The highest BCUT2D eigenvalue weighted by molar-refractivity contribution is 6.35. The second-order valence-corrected chi connectivity index (χ2v) is 6.67. The van der Waals surface area contributed by atoms with Gasteiger partial charge in [0.05, 0.1) is 16.6 Å². The Morgan fingerprint density at radius 3 is 2.32 bits per heavy atom. The Morgan fingerprint density at radius 2 is 1.68 bits per heavy atom. The Balaban J connectivity index is 2.00. The summed E-state index contributed by atoms with van der Waals surface area (Å²) in [4.78, 5) is 24.4.